The number of hydrogen-bond donors (Lipinski definition) is 1. The molecule has 0 spiro atoms. The van der Waals surface area contributed by atoms with Crippen molar-refractivity contribution < 1.29 is 4.79 Å². The molecule has 4 aromatic rings. The lowest BCUT2D eigenvalue weighted by Gasteiger charge is -2.17. The molecule has 0 aliphatic carbocycles. The van der Waals surface area contributed by atoms with E-state index in [4.69, 9.17) is 16.6 Å². The Labute approximate surface area is 198 Å². The highest BCUT2D eigenvalue weighted by Gasteiger charge is 2.14. The minimum absolute atomic E-state index is 0.127. The highest BCUT2D eigenvalue weighted by Crippen LogP contribution is 2.30. The second-order valence-electron chi connectivity index (χ2n) is 7.14. The van der Waals surface area contributed by atoms with E-state index in [-0.39, 0.29) is 5.91 Å². The van der Waals surface area contributed by atoms with Gasteiger partial charge in [0.1, 0.15) is 5.82 Å². The molecule has 0 saturated heterocycles. The van der Waals surface area contributed by atoms with Crippen LogP contribution in [0.2, 0.25) is 5.02 Å². The second-order valence-corrected chi connectivity index (χ2v) is 9.18. The molecule has 1 amide bonds. The van der Waals surface area contributed by atoms with Crippen molar-refractivity contribution in [1.29, 1.82) is 0 Å². The summed E-state index contributed by atoms with van der Waals surface area (Å²) in [4.78, 5) is 18.9. The number of carbonyl (C=O) groups excluding carboxylic acids is 1. The number of aromatic nitrogens is 3. The van der Waals surface area contributed by atoms with E-state index in [1.54, 1.807) is 26.9 Å². The van der Waals surface area contributed by atoms with E-state index in [0.717, 1.165) is 33.5 Å². The van der Waals surface area contributed by atoms with Gasteiger partial charge in [0.25, 0.3) is 0 Å². The summed E-state index contributed by atoms with van der Waals surface area (Å²) >= 11 is 11.5. The fourth-order valence-corrected chi connectivity index (χ4v) is 4.48. The van der Waals surface area contributed by atoms with Crippen LogP contribution in [-0.2, 0) is 11.2 Å². The summed E-state index contributed by atoms with van der Waals surface area (Å²) in [5, 5.41) is 12.5. The predicted molar refractivity (Wildman–Crippen MR) is 130 cm³/mol. The summed E-state index contributed by atoms with van der Waals surface area (Å²) in [7, 11) is 1.85. The normalized spacial score (nSPS) is 11.1. The van der Waals surface area contributed by atoms with Crippen molar-refractivity contribution in [3.05, 3.63) is 68.4 Å². The number of likely N-dealkylation sites (N-methyl/N-ethyl adjacent to an activating group) is 1. The van der Waals surface area contributed by atoms with Gasteiger partial charge in [-0.05, 0) is 50.8 Å². The SMILES string of the molecule is CN(CCCNc1cc(-c2ccccc2Cl)nc2c(Br)cnn12)C(=O)Cc1ccsc1. The first-order valence-electron chi connectivity index (χ1n) is 9.81. The average molecular weight is 519 g/mol. The average Bonchev–Trinajstić information content (AvgIpc) is 3.41. The van der Waals surface area contributed by atoms with Gasteiger partial charge in [-0.2, -0.15) is 21.0 Å². The Morgan fingerprint density at radius 1 is 1.32 bits per heavy atom. The molecule has 0 radical (unpaired) electrons. The molecule has 4 rings (SSSR count). The highest BCUT2D eigenvalue weighted by atomic mass is 79.9. The third-order valence-electron chi connectivity index (χ3n) is 4.92. The summed E-state index contributed by atoms with van der Waals surface area (Å²) in [6.45, 7) is 1.36. The molecule has 0 aliphatic rings. The standard InChI is InChI=1S/C22H21BrClN5OS/c1-28(21(30)11-15-7-10-31-14-15)9-4-8-25-20-12-19(16-5-2-3-6-18(16)24)27-22-17(23)13-26-29(20)22/h2-3,5-7,10,12-14,25H,4,8-9,11H2,1H3. The number of nitrogens with one attached hydrogen (secondary N) is 1. The molecule has 6 nitrogen and oxygen atoms in total. The first-order chi connectivity index (χ1) is 15.0. The van der Waals surface area contributed by atoms with E-state index in [2.05, 4.69) is 26.3 Å². The molecule has 0 aliphatic heterocycles. The van der Waals surface area contributed by atoms with Crippen LogP contribution in [0.5, 0.6) is 0 Å². The molecule has 3 heterocycles. The lowest BCUT2D eigenvalue weighted by molar-refractivity contribution is -0.129. The Hall–Kier alpha value is -2.42. The van der Waals surface area contributed by atoms with Crippen molar-refractivity contribution in [1.82, 2.24) is 19.5 Å². The maximum absolute atomic E-state index is 12.4. The van der Waals surface area contributed by atoms with Crippen LogP contribution in [0.15, 0.2) is 57.8 Å². The zero-order chi connectivity index (χ0) is 21.8. The van der Waals surface area contributed by atoms with Gasteiger partial charge in [0.05, 0.1) is 22.8 Å². The molecular formula is C22H21BrClN5OS. The van der Waals surface area contributed by atoms with Crippen LogP contribution in [0, 0.1) is 0 Å². The predicted octanol–water partition coefficient (Wildman–Crippen LogP) is 5.38. The van der Waals surface area contributed by atoms with Gasteiger partial charge in [0.2, 0.25) is 5.91 Å². The maximum Gasteiger partial charge on any atom is 0.226 e. The summed E-state index contributed by atoms with van der Waals surface area (Å²) in [5.74, 6) is 0.944. The van der Waals surface area contributed by atoms with Gasteiger partial charge in [0.15, 0.2) is 5.65 Å². The Kier molecular flexibility index (Phi) is 6.89. The summed E-state index contributed by atoms with van der Waals surface area (Å²) in [5.41, 5.74) is 3.41. The number of amides is 1. The van der Waals surface area contributed by atoms with Crippen LogP contribution < -0.4 is 5.32 Å². The minimum Gasteiger partial charge on any atom is -0.370 e. The minimum atomic E-state index is 0.127. The van der Waals surface area contributed by atoms with Gasteiger partial charge >= 0.3 is 0 Å². The maximum atomic E-state index is 12.4. The molecule has 160 valence electrons. The number of benzene rings is 1. The smallest absolute Gasteiger partial charge is 0.226 e. The Balaban J connectivity index is 1.43. The molecule has 0 bridgehead atoms. The van der Waals surface area contributed by atoms with Crippen LogP contribution >= 0.6 is 38.9 Å². The fraction of sp³-hybridized carbons (Fsp3) is 0.227. The van der Waals surface area contributed by atoms with Crippen molar-refractivity contribution in [2.24, 2.45) is 0 Å². The van der Waals surface area contributed by atoms with Crippen LogP contribution in [0.25, 0.3) is 16.9 Å². The van der Waals surface area contributed by atoms with Gasteiger partial charge < -0.3 is 10.2 Å². The number of thiophene rings is 1. The van der Waals surface area contributed by atoms with E-state index >= 15 is 0 Å². The number of carbonyl (C=O) groups is 1. The zero-order valence-corrected chi connectivity index (χ0v) is 20.0. The Bertz CT molecular complexity index is 1190. The van der Waals surface area contributed by atoms with Gasteiger partial charge in [-0.25, -0.2) is 4.98 Å². The first-order valence-corrected chi connectivity index (χ1v) is 11.9. The molecule has 1 aromatic carbocycles. The fourth-order valence-electron chi connectivity index (χ4n) is 3.23. The van der Waals surface area contributed by atoms with E-state index < -0.39 is 0 Å². The Morgan fingerprint density at radius 3 is 2.94 bits per heavy atom. The molecule has 31 heavy (non-hydrogen) atoms. The van der Waals surface area contributed by atoms with Gasteiger partial charge in [-0.1, -0.05) is 29.8 Å². The van der Waals surface area contributed by atoms with Crippen molar-refractivity contribution in [2.45, 2.75) is 12.8 Å². The quantitative estimate of drug-likeness (QED) is 0.318. The molecule has 3 aromatic heterocycles. The second kappa shape index (κ2) is 9.80. The van der Waals surface area contributed by atoms with E-state index in [9.17, 15) is 4.79 Å². The van der Waals surface area contributed by atoms with Crippen molar-refractivity contribution >= 4 is 56.2 Å². The number of rotatable bonds is 8. The number of halogens is 2. The van der Waals surface area contributed by atoms with E-state index in [1.807, 2.05) is 54.2 Å². The molecule has 1 N–H and O–H groups in total. The molecular weight excluding hydrogens is 498 g/mol. The number of hydrogen-bond acceptors (Lipinski definition) is 5. The number of anilines is 1. The van der Waals surface area contributed by atoms with Crippen molar-refractivity contribution in [3.63, 3.8) is 0 Å². The topological polar surface area (TPSA) is 62.5 Å². The van der Waals surface area contributed by atoms with Crippen LogP contribution in [0.3, 0.4) is 0 Å². The summed E-state index contributed by atoms with van der Waals surface area (Å²) in [6.07, 6.45) is 2.97. The summed E-state index contributed by atoms with van der Waals surface area (Å²) in [6, 6.07) is 11.6. The zero-order valence-electron chi connectivity index (χ0n) is 16.9. The van der Waals surface area contributed by atoms with E-state index in [1.165, 1.54) is 0 Å². The number of fused-ring (bicyclic) bond motifs is 1. The van der Waals surface area contributed by atoms with Crippen LogP contribution in [0.1, 0.15) is 12.0 Å². The molecule has 9 heteroatoms. The van der Waals surface area contributed by atoms with Crippen molar-refractivity contribution in [3.8, 4) is 11.3 Å². The number of nitrogens with zero attached hydrogens (tertiary/aromatic N) is 4. The van der Waals surface area contributed by atoms with Gasteiger partial charge in [-0.3, -0.25) is 4.79 Å². The van der Waals surface area contributed by atoms with Gasteiger partial charge in [-0.15, -0.1) is 0 Å². The summed E-state index contributed by atoms with van der Waals surface area (Å²) < 4.78 is 2.57. The van der Waals surface area contributed by atoms with Crippen LogP contribution in [-0.4, -0.2) is 45.5 Å². The molecule has 0 fully saturated rings. The molecule has 0 saturated carbocycles. The first kappa shape index (κ1) is 21.8. The molecule has 0 atom stereocenters. The van der Waals surface area contributed by atoms with Crippen LogP contribution in [0.4, 0.5) is 5.82 Å². The largest absolute Gasteiger partial charge is 0.370 e. The highest BCUT2D eigenvalue weighted by molar-refractivity contribution is 9.10. The van der Waals surface area contributed by atoms with E-state index in [0.29, 0.717) is 30.2 Å². The Morgan fingerprint density at radius 2 is 2.16 bits per heavy atom. The monoisotopic (exact) mass is 517 g/mol. The molecule has 0 unspecified atom stereocenters. The lowest BCUT2D eigenvalue weighted by Crippen LogP contribution is -2.30. The van der Waals surface area contributed by atoms with Gasteiger partial charge in [0, 0.05) is 36.8 Å². The lowest BCUT2D eigenvalue weighted by atomic mass is 10.1. The van der Waals surface area contributed by atoms with Crippen molar-refractivity contribution in [2.75, 3.05) is 25.5 Å². The third kappa shape index (κ3) is 5.08. The third-order valence-corrected chi connectivity index (χ3v) is 6.54.